The van der Waals surface area contributed by atoms with Gasteiger partial charge in [-0.1, -0.05) is 4.13 Å². The van der Waals surface area contributed by atoms with Crippen molar-refractivity contribution in [2.24, 2.45) is 0 Å². The molecule has 0 aliphatic rings. The largest absolute Gasteiger partial charge is 0.512 e. The molecule has 3 aromatic carbocycles. The van der Waals surface area contributed by atoms with Crippen LogP contribution >= 0.6 is 0 Å². The van der Waals surface area contributed by atoms with E-state index in [2.05, 4.69) is 0 Å². The van der Waals surface area contributed by atoms with Crippen molar-refractivity contribution in [1.29, 1.82) is 0 Å². The smallest absolute Gasteiger partial charge is 0.258 e. The summed E-state index contributed by atoms with van der Waals surface area (Å²) in [4.78, 5) is 26.6. The van der Waals surface area contributed by atoms with Gasteiger partial charge >= 0.3 is 15.5 Å². The molecule has 0 aromatic heterocycles. The molecule has 0 radical (unpaired) electrons. The summed E-state index contributed by atoms with van der Waals surface area (Å²) < 4.78 is 141. The SMILES string of the molecule is O=[N+]([O-])c1ccc(S(=O)(=O)NS(=O)(=O)c2ccc([N+](=O)[O-])cc2-c2cc([N+](=O)[O-])ccc2S(=O)(=O)NS(=O)(=O)C(F)(F)F)cc1. The van der Waals surface area contributed by atoms with Gasteiger partial charge in [0.1, 0.15) is 0 Å². The van der Waals surface area contributed by atoms with Crippen LogP contribution in [0.1, 0.15) is 0 Å². The highest BCUT2D eigenvalue weighted by molar-refractivity contribution is 8.05. The van der Waals surface area contributed by atoms with Gasteiger partial charge in [-0.3, -0.25) is 30.3 Å². The summed E-state index contributed by atoms with van der Waals surface area (Å²) in [6, 6.07) is 4.45. The van der Waals surface area contributed by atoms with Gasteiger partial charge < -0.3 is 0 Å². The fourth-order valence-electron chi connectivity index (χ4n) is 3.37. The average Bonchev–Trinajstić information content (AvgIpc) is 2.90. The highest BCUT2D eigenvalue weighted by atomic mass is 32.3. The monoisotopic (exact) mass is 719 g/mol. The van der Waals surface area contributed by atoms with Gasteiger partial charge in [0.25, 0.3) is 47.1 Å². The van der Waals surface area contributed by atoms with Crippen LogP contribution in [-0.4, -0.2) is 53.9 Å². The molecule has 19 nitrogen and oxygen atoms in total. The second-order valence-electron chi connectivity index (χ2n) is 8.25. The Morgan fingerprint density at radius 1 is 0.533 bits per heavy atom. The van der Waals surface area contributed by atoms with Crippen LogP contribution in [-0.2, 0) is 40.1 Å². The highest BCUT2D eigenvalue weighted by Crippen LogP contribution is 2.38. The molecule has 0 amide bonds. The molecule has 0 aliphatic carbocycles. The van der Waals surface area contributed by atoms with E-state index in [0.29, 0.717) is 46.6 Å². The minimum atomic E-state index is -6.68. The number of non-ortho nitro benzene ring substituents is 3. The molecular weight excluding hydrogens is 707 g/mol. The molecule has 3 aromatic rings. The Morgan fingerprint density at radius 3 is 1.24 bits per heavy atom. The van der Waals surface area contributed by atoms with Crippen molar-refractivity contribution in [2.75, 3.05) is 0 Å². The molecule has 0 unspecified atom stereocenters. The number of halogens is 3. The van der Waals surface area contributed by atoms with Crippen LogP contribution in [0.15, 0.2) is 75.4 Å². The number of nitro benzene ring substituents is 3. The molecular formula is C19H12F3N5O14S4. The number of benzene rings is 3. The van der Waals surface area contributed by atoms with Crippen molar-refractivity contribution >= 4 is 57.2 Å². The van der Waals surface area contributed by atoms with E-state index in [1.807, 2.05) is 0 Å². The van der Waals surface area contributed by atoms with Gasteiger partial charge in [0.15, 0.2) is 0 Å². The van der Waals surface area contributed by atoms with Gasteiger partial charge in [-0.2, -0.15) is 13.2 Å². The van der Waals surface area contributed by atoms with Crippen molar-refractivity contribution in [2.45, 2.75) is 20.2 Å². The lowest BCUT2D eigenvalue weighted by Crippen LogP contribution is -2.40. The molecule has 0 saturated carbocycles. The molecule has 0 saturated heterocycles. The van der Waals surface area contributed by atoms with Crippen LogP contribution in [0.2, 0.25) is 0 Å². The van der Waals surface area contributed by atoms with Gasteiger partial charge in [0.05, 0.1) is 29.5 Å². The number of nitro groups is 3. The van der Waals surface area contributed by atoms with Crippen LogP contribution in [0.25, 0.3) is 11.1 Å². The Bertz CT molecular complexity index is 2190. The number of nitrogens with one attached hydrogen (secondary N) is 2. The van der Waals surface area contributed by atoms with Gasteiger partial charge in [-0.05, 0) is 24.3 Å². The second kappa shape index (κ2) is 11.7. The standard InChI is InChI=1S/C19H12F3N5O14S4/c20-19(21,22)45(40,41)24-44(38,39)18-8-4-13(27(32)33)10-16(18)15-9-12(26(30)31)3-7-17(15)43(36,37)23-42(34,35)14-5-1-11(2-6-14)25(28)29/h1-10,23-24H. The number of hydrogen-bond donors (Lipinski definition) is 2. The first kappa shape index (κ1) is 34.9. The summed E-state index contributed by atoms with van der Waals surface area (Å²) in [7, 11) is -23.3. The van der Waals surface area contributed by atoms with Crippen molar-refractivity contribution in [3.05, 3.63) is 91.0 Å². The third kappa shape index (κ3) is 7.37. The first-order valence-electron chi connectivity index (χ1n) is 10.8. The van der Waals surface area contributed by atoms with Crippen molar-refractivity contribution in [3.63, 3.8) is 0 Å². The number of nitrogens with zero attached hydrogens (tertiary/aromatic N) is 3. The van der Waals surface area contributed by atoms with E-state index in [4.69, 9.17) is 0 Å². The Morgan fingerprint density at radius 2 is 0.889 bits per heavy atom. The Hall–Kier alpha value is -4.63. The maximum atomic E-state index is 13.3. The Balaban J connectivity index is 2.34. The van der Waals surface area contributed by atoms with E-state index >= 15 is 0 Å². The fourth-order valence-corrected chi connectivity index (χ4v) is 9.07. The van der Waals surface area contributed by atoms with E-state index < -0.39 is 103 Å². The number of alkyl halides is 3. The van der Waals surface area contributed by atoms with Crippen molar-refractivity contribution in [1.82, 2.24) is 8.25 Å². The lowest BCUT2D eigenvalue weighted by molar-refractivity contribution is -0.385. The molecule has 0 aliphatic heterocycles. The van der Waals surface area contributed by atoms with Crippen molar-refractivity contribution < 1.29 is 61.6 Å². The zero-order valence-corrected chi connectivity index (χ0v) is 24.4. The maximum absolute atomic E-state index is 13.3. The predicted molar refractivity (Wildman–Crippen MR) is 141 cm³/mol. The predicted octanol–water partition coefficient (Wildman–Crippen LogP) is 1.87. The van der Waals surface area contributed by atoms with Crippen LogP contribution < -0.4 is 8.25 Å². The van der Waals surface area contributed by atoms with Crippen LogP contribution in [0.4, 0.5) is 30.2 Å². The number of hydrogen-bond acceptors (Lipinski definition) is 14. The maximum Gasteiger partial charge on any atom is 0.512 e. The van der Waals surface area contributed by atoms with Crippen LogP contribution in [0, 0.1) is 30.3 Å². The van der Waals surface area contributed by atoms with E-state index in [1.165, 1.54) is 4.13 Å². The molecule has 0 atom stereocenters. The van der Waals surface area contributed by atoms with Gasteiger partial charge in [-0.25, -0.2) is 33.7 Å². The molecule has 3 rings (SSSR count). The Kier molecular flexibility index (Phi) is 9.07. The first-order chi connectivity index (χ1) is 20.4. The normalized spacial score (nSPS) is 12.9. The third-order valence-corrected chi connectivity index (χ3v) is 12.2. The first-order valence-corrected chi connectivity index (χ1v) is 16.8. The topological polar surface area (TPSA) is 290 Å². The minimum Gasteiger partial charge on any atom is -0.258 e. The molecule has 0 fully saturated rings. The zero-order valence-electron chi connectivity index (χ0n) is 21.1. The van der Waals surface area contributed by atoms with Gasteiger partial charge in [-0.15, -0.1) is 4.13 Å². The summed E-state index contributed by atoms with van der Waals surface area (Å²) >= 11 is 0. The average molecular weight is 720 g/mol. The lowest BCUT2D eigenvalue weighted by Gasteiger charge is -2.16. The quantitative estimate of drug-likeness (QED) is 0.211. The van der Waals surface area contributed by atoms with Crippen LogP contribution in [0.5, 0.6) is 0 Å². The van der Waals surface area contributed by atoms with E-state index in [-0.39, 0.29) is 18.2 Å². The van der Waals surface area contributed by atoms with E-state index in [1.54, 1.807) is 0 Å². The fraction of sp³-hybridized carbons (Fsp3) is 0.0526. The molecule has 2 N–H and O–H groups in total. The third-order valence-electron chi connectivity index (χ3n) is 5.32. The molecule has 26 heteroatoms. The minimum absolute atomic E-state index is 0.192. The number of sulfonamides is 4. The molecule has 0 heterocycles. The molecule has 242 valence electrons. The van der Waals surface area contributed by atoms with Crippen LogP contribution in [0.3, 0.4) is 0 Å². The van der Waals surface area contributed by atoms with Gasteiger partial charge in [0, 0.05) is 47.5 Å². The summed E-state index contributed by atoms with van der Waals surface area (Å²) in [5, 5.41) is 33.7. The van der Waals surface area contributed by atoms with E-state index in [0.717, 1.165) is 0 Å². The van der Waals surface area contributed by atoms with Gasteiger partial charge in [0.2, 0.25) is 0 Å². The summed E-state index contributed by atoms with van der Waals surface area (Å²) in [5.41, 5.74) is -11.4. The summed E-state index contributed by atoms with van der Waals surface area (Å²) in [5.74, 6) is 0. The summed E-state index contributed by atoms with van der Waals surface area (Å²) in [6.07, 6.45) is 0. The molecule has 0 bridgehead atoms. The zero-order chi connectivity index (χ0) is 34.3. The molecule has 45 heavy (non-hydrogen) atoms. The Labute approximate surface area is 249 Å². The summed E-state index contributed by atoms with van der Waals surface area (Å²) in [6.45, 7) is 0. The molecule has 0 spiro atoms. The number of rotatable bonds is 11. The van der Waals surface area contributed by atoms with E-state index in [9.17, 15) is 77.2 Å². The highest BCUT2D eigenvalue weighted by Gasteiger charge is 2.49. The second-order valence-corrected chi connectivity index (χ2v) is 15.4. The van der Waals surface area contributed by atoms with Crippen molar-refractivity contribution in [3.8, 4) is 11.1 Å². The lowest BCUT2D eigenvalue weighted by atomic mass is 10.0.